The summed E-state index contributed by atoms with van der Waals surface area (Å²) < 4.78 is 46.4. The normalized spacial score (nSPS) is 11.5. The molecule has 10 heteroatoms. The fourth-order valence-electron chi connectivity index (χ4n) is 2.14. The van der Waals surface area contributed by atoms with Crippen molar-refractivity contribution in [1.82, 2.24) is 8.75 Å². The molecule has 3 aromatic rings. The van der Waals surface area contributed by atoms with E-state index in [0.717, 1.165) is 11.7 Å². The van der Waals surface area contributed by atoms with Gasteiger partial charge in [0.25, 0.3) is 10.0 Å². The summed E-state index contributed by atoms with van der Waals surface area (Å²) in [5.41, 5.74) is 1.03. The number of benzene rings is 2. The molecule has 1 aromatic heterocycles. The number of anilines is 1. The molecule has 3 rings (SSSR count). The number of methoxy groups -OCH3 is 2. The maximum Gasteiger partial charge on any atom is 0.264 e. The predicted molar refractivity (Wildman–Crippen MR) is 92.8 cm³/mol. The molecule has 0 amide bonds. The van der Waals surface area contributed by atoms with Gasteiger partial charge in [-0.05, 0) is 18.2 Å². The van der Waals surface area contributed by atoms with Crippen LogP contribution in [0.3, 0.4) is 0 Å². The van der Waals surface area contributed by atoms with Gasteiger partial charge >= 0.3 is 0 Å². The van der Waals surface area contributed by atoms with Crippen molar-refractivity contribution in [1.29, 1.82) is 0 Å². The average molecular weight is 386 g/mol. The third-order valence-electron chi connectivity index (χ3n) is 3.26. The maximum atomic E-state index is 12.7. The van der Waals surface area contributed by atoms with E-state index in [-0.39, 0.29) is 21.4 Å². The van der Waals surface area contributed by atoms with Gasteiger partial charge in [-0.1, -0.05) is 17.7 Å². The lowest BCUT2D eigenvalue weighted by atomic mass is 10.3. The van der Waals surface area contributed by atoms with Crippen LogP contribution in [-0.2, 0) is 10.0 Å². The highest BCUT2D eigenvalue weighted by atomic mass is 35.5. The topological polar surface area (TPSA) is 90.4 Å². The molecule has 0 atom stereocenters. The van der Waals surface area contributed by atoms with Crippen LogP contribution in [-0.4, -0.2) is 31.4 Å². The molecule has 1 N–H and O–H groups in total. The van der Waals surface area contributed by atoms with Crippen LogP contribution in [0.2, 0.25) is 5.02 Å². The number of hydrogen-bond acceptors (Lipinski definition) is 7. The molecule has 1 heterocycles. The average Bonchev–Trinajstić information content (AvgIpc) is 3.03. The predicted octanol–water partition coefficient (Wildman–Crippen LogP) is 3.16. The van der Waals surface area contributed by atoms with E-state index in [1.165, 1.54) is 32.4 Å². The van der Waals surface area contributed by atoms with Crippen LogP contribution in [0, 0.1) is 0 Å². The van der Waals surface area contributed by atoms with Gasteiger partial charge < -0.3 is 9.47 Å². The van der Waals surface area contributed by atoms with Crippen LogP contribution >= 0.6 is 23.3 Å². The Morgan fingerprint density at radius 1 is 1.12 bits per heavy atom. The molecule has 0 spiro atoms. The van der Waals surface area contributed by atoms with Crippen LogP contribution in [0.25, 0.3) is 11.0 Å². The largest absolute Gasteiger partial charge is 0.495 e. The van der Waals surface area contributed by atoms with Gasteiger partial charge in [-0.3, -0.25) is 4.72 Å². The van der Waals surface area contributed by atoms with Crippen molar-refractivity contribution in [3.8, 4) is 11.5 Å². The van der Waals surface area contributed by atoms with Crippen LogP contribution in [0.1, 0.15) is 0 Å². The number of nitrogens with zero attached hydrogens (tertiary/aromatic N) is 2. The summed E-state index contributed by atoms with van der Waals surface area (Å²) in [5.74, 6) is 0.658. The highest BCUT2D eigenvalue weighted by Crippen LogP contribution is 2.37. The molecular weight excluding hydrogens is 374 g/mol. The third-order valence-corrected chi connectivity index (χ3v) is 5.49. The van der Waals surface area contributed by atoms with E-state index in [4.69, 9.17) is 21.1 Å². The van der Waals surface area contributed by atoms with Gasteiger partial charge in [-0.15, -0.1) is 0 Å². The van der Waals surface area contributed by atoms with Gasteiger partial charge in [-0.25, -0.2) is 8.42 Å². The van der Waals surface area contributed by atoms with Crippen molar-refractivity contribution in [2.45, 2.75) is 4.90 Å². The zero-order chi connectivity index (χ0) is 17.3. The van der Waals surface area contributed by atoms with Crippen LogP contribution < -0.4 is 14.2 Å². The summed E-state index contributed by atoms with van der Waals surface area (Å²) in [5, 5.41) is 0.254. The first kappa shape index (κ1) is 16.7. The first-order valence-electron chi connectivity index (χ1n) is 6.62. The molecule has 0 unspecified atom stereocenters. The number of aromatic nitrogens is 2. The third kappa shape index (κ3) is 2.97. The van der Waals surface area contributed by atoms with E-state index in [0.29, 0.717) is 16.8 Å². The van der Waals surface area contributed by atoms with Gasteiger partial charge in [0, 0.05) is 6.07 Å². The number of rotatable bonds is 5. The molecule has 0 aliphatic carbocycles. The van der Waals surface area contributed by atoms with Gasteiger partial charge in [-0.2, -0.15) is 8.75 Å². The molecule has 0 aliphatic heterocycles. The lowest BCUT2D eigenvalue weighted by Crippen LogP contribution is -2.14. The Morgan fingerprint density at radius 3 is 2.58 bits per heavy atom. The number of halogens is 1. The van der Waals surface area contributed by atoms with Crippen LogP contribution in [0.15, 0.2) is 35.2 Å². The molecule has 0 aliphatic rings. The van der Waals surface area contributed by atoms with Crippen LogP contribution in [0.4, 0.5) is 5.69 Å². The lowest BCUT2D eigenvalue weighted by Gasteiger charge is -2.14. The minimum atomic E-state index is -3.90. The molecule has 0 fully saturated rings. The summed E-state index contributed by atoms with van der Waals surface area (Å²) in [6.07, 6.45) is 0. The molecule has 0 saturated carbocycles. The number of sulfonamides is 1. The van der Waals surface area contributed by atoms with E-state index in [1.807, 2.05) is 0 Å². The summed E-state index contributed by atoms with van der Waals surface area (Å²) in [6.45, 7) is 0. The number of fused-ring (bicyclic) bond motifs is 1. The van der Waals surface area contributed by atoms with Crippen molar-refractivity contribution in [2.75, 3.05) is 18.9 Å². The number of ether oxygens (including phenoxy) is 2. The second kappa shape index (κ2) is 6.42. The Bertz CT molecular complexity index is 1000. The number of nitrogens with one attached hydrogen (secondary N) is 1. The summed E-state index contributed by atoms with van der Waals surface area (Å²) in [7, 11) is -1.02. The Kier molecular flexibility index (Phi) is 4.48. The van der Waals surface area contributed by atoms with Gasteiger partial charge in [0.1, 0.15) is 27.4 Å². The quantitative estimate of drug-likeness (QED) is 0.725. The first-order chi connectivity index (χ1) is 11.5. The SMILES string of the molecule is COc1cc(OC)c(NS(=O)(=O)c2cccc3nsnc23)cc1Cl. The van der Waals surface area contributed by atoms with E-state index in [2.05, 4.69) is 13.5 Å². The molecule has 0 radical (unpaired) electrons. The smallest absolute Gasteiger partial charge is 0.264 e. The Balaban J connectivity index is 2.07. The second-order valence-corrected chi connectivity index (χ2v) is 7.27. The maximum absolute atomic E-state index is 12.7. The number of hydrogen-bond donors (Lipinski definition) is 1. The lowest BCUT2D eigenvalue weighted by molar-refractivity contribution is 0.396. The van der Waals surface area contributed by atoms with Gasteiger partial charge in [0.05, 0.1) is 36.7 Å². The second-order valence-electron chi connectivity index (χ2n) is 4.68. The standard InChI is InChI=1S/C14H12ClN3O4S2/c1-21-11-7-12(22-2)10(6-8(11)15)18-24(19,20)13-5-3-4-9-14(13)17-23-16-9/h3-7,18H,1-2H3. The van der Waals surface area contributed by atoms with Gasteiger partial charge in [0.15, 0.2) is 0 Å². The molecular formula is C14H12ClN3O4S2. The molecule has 24 heavy (non-hydrogen) atoms. The van der Waals surface area contributed by atoms with Crippen LogP contribution in [0.5, 0.6) is 11.5 Å². The zero-order valence-corrected chi connectivity index (χ0v) is 15.0. The molecule has 126 valence electrons. The van der Waals surface area contributed by atoms with Crippen molar-refractivity contribution in [2.24, 2.45) is 0 Å². The minimum Gasteiger partial charge on any atom is -0.495 e. The highest BCUT2D eigenvalue weighted by molar-refractivity contribution is 7.93. The summed E-state index contributed by atoms with van der Waals surface area (Å²) >= 11 is 7.02. The fourth-order valence-corrected chi connectivity index (χ4v) is 4.21. The summed E-state index contributed by atoms with van der Waals surface area (Å²) in [4.78, 5) is 0.0303. The van der Waals surface area contributed by atoms with Crippen molar-refractivity contribution in [3.63, 3.8) is 0 Å². The Morgan fingerprint density at radius 2 is 1.88 bits per heavy atom. The molecule has 2 aromatic carbocycles. The Hall–Kier alpha value is -2.10. The monoisotopic (exact) mass is 385 g/mol. The highest BCUT2D eigenvalue weighted by Gasteiger charge is 2.22. The molecule has 7 nitrogen and oxygen atoms in total. The first-order valence-corrected chi connectivity index (χ1v) is 9.21. The molecule has 0 saturated heterocycles. The van der Waals surface area contributed by atoms with E-state index in [1.54, 1.807) is 12.1 Å². The van der Waals surface area contributed by atoms with Crippen molar-refractivity contribution in [3.05, 3.63) is 35.4 Å². The Labute approximate surface area is 147 Å². The van der Waals surface area contributed by atoms with E-state index in [9.17, 15) is 8.42 Å². The fraction of sp³-hybridized carbons (Fsp3) is 0.143. The van der Waals surface area contributed by atoms with E-state index < -0.39 is 10.0 Å². The minimum absolute atomic E-state index is 0.0303. The zero-order valence-electron chi connectivity index (χ0n) is 12.6. The van der Waals surface area contributed by atoms with E-state index >= 15 is 0 Å². The van der Waals surface area contributed by atoms with Crippen molar-refractivity contribution >= 4 is 50.1 Å². The van der Waals surface area contributed by atoms with Crippen molar-refractivity contribution < 1.29 is 17.9 Å². The summed E-state index contributed by atoms with van der Waals surface area (Å²) in [6, 6.07) is 7.70. The van der Waals surface area contributed by atoms with Gasteiger partial charge in [0.2, 0.25) is 0 Å². The molecule has 0 bridgehead atoms.